The molecule has 0 bridgehead atoms. The Morgan fingerprint density at radius 2 is 1.88 bits per heavy atom. The molecular formula is C19H34IN3O3. The van der Waals surface area contributed by atoms with E-state index in [-0.39, 0.29) is 30.1 Å². The van der Waals surface area contributed by atoms with Gasteiger partial charge in [-0.2, -0.15) is 0 Å². The van der Waals surface area contributed by atoms with E-state index in [9.17, 15) is 0 Å². The minimum Gasteiger partial charge on any atom is -0.493 e. The van der Waals surface area contributed by atoms with Gasteiger partial charge in [0.05, 0.1) is 19.8 Å². The number of ether oxygens (including phenoxy) is 3. The van der Waals surface area contributed by atoms with E-state index in [1.807, 2.05) is 32.0 Å². The van der Waals surface area contributed by atoms with Gasteiger partial charge in [-0.3, -0.25) is 4.99 Å². The van der Waals surface area contributed by atoms with Crippen LogP contribution in [-0.2, 0) is 4.74 Å². The molecule has 0 aliphatic heterocycles. The van der Waals surface area contributed by atoms with Crippen molar-refractivity contribution in [1.29, 1.82) is 0 Å². The van der Waals surface area contributed by atoms with Crippen LogP contribution in [0.2, 0.25) is 0 Å². The van der Waals surface area contributed by atoms with Gasteiger partial charge in [-0.25, -0.2) is 0 Å². The standard InChI is InChI=1S/C19H33N3O3.HI/c1-7-24-16(14(3)4)11-12-21-19(20-5)22-15-9-10-17(23-6)18(13-15)25-8-2;/h9-10,13-14,16H,7-8,11-12H2,1-6H3,(H2,20,21,22);1H. The quantitative estimate of drug-likeness (QED) is 0.300. The fourth-order valence-corrected chi connectivity index (χ4v) is 2.49. The van der Waals surface area contributed by atoms with Crippen LogP contribution in [0.15, 0.2) is 23.2 Å². The highest BCUT2D eigenvalue weighted by Crippen LogP contribution is 2.30. The lowest BCUT2D eigenvalue weighted by molar-refractivity contribution is 0.0258. The molecule has 0 aliphatic rings. The monoisotopic (exact) mass is 479 g/mol. The minimum atomic E-state index is 0. The topological polar surface area (TPSA) is 64.1 Å². The first-order valence-electron chi connectivity index (χ1n) is 8.95. The largest absolute Gasteiger partial charge is 0.493 e. The van der Waals surface area contributed by atoms with Crippen LogP contribution in [0.1, 0.15) is 34.1 Å². The summed E-state index contributed by atoms with van der Waals surface area (Å²) in [5.41, 5.74) is 0.891. The van der Waals surface area contributed by atoms with Crippen molar-refractivity contribution in [2.24, 2.45) is 10.9 Å². The zero-order valence-corrected chi connectivity index (χ0v) is 19.1. The molecule has 1 aromatic rings. The summed E-state index contributed by atoms with van der Waals surface area (Å²) in [5, 5.41) is 6.60. The summed E-state index contributed by atoms with van der Waals surface area (Å²) >= 11 is 0. The molecule has 0 amide bonds. The van der Waals surface area contributed by atoms with Crippen molar-refractivity contribution in [1.82, 2.24) is 5.32 Å². The van der Waals surface area contributed by atoms with E-state index >= 15 is 0 Å². The Kier molecular flexibility index (Phi) is 13.3. The molecule has 1 atom stereocenters. The summed E-state index contributed by atoms with van der Waals surface area (Å²) < 4.78 is 16.7. The molecule has 1 rings (SSSR count). The number of halogens is 1. The van der Waals surface area contributed by atoms with E-state index < -0.39 is 0 Å². The molecule has 2 N–H and O–H groups in total. The second kappa shape index (κ2) is 13.9. The Morgan fingerprint density at radius 3 is 2.42 bits per heavy atom. The number of anilines is 1. The van der Waals surface area contributed by atoms with Crippen LogP contribution in [0.25, 0.3) is 0 Å². The van der Waals surface area contributed by atoms with Crippen molar-refractivity contribution in [2.75, 3.05) is 39.2 Å². The van der Waals surface area contributed by atoms with Gasteiger partial charge in [-0.05, 0) is 38.3 Å². The van der Waals surface area contributed by atoms with Crippen LogP contribution in [0.4, 0.5) is 5.69 Å². The van der Waals surface area contributed by atoms with Gasteiger partial charge in [-0.1, -0.05) is 13.8 Å². The molecule has 0 spiro atoms. The van der Waals surface area contributed by atoms with Gasteiger partial charge in [-0.15, -0.1) is 24.0 Å². The van der Waals surface area contributed by atoms with Crippen LogP contribution < -0.4 is 20.1 Å². The van der Waals surface area contributed by atoms with E-state index in [0.29, 0.717) is 30.0 Å². The molecule has 1 aromatic carbocycles. The van der Waals surface area contributed by atoms with Crippen molar-refractivity contribution in [3.63, 3.8) is 0 Å². The van der Waals surface area contributed by atoms with Gasteiger partial charge < -0.3 is 24.8 Å². The second-order valence-corrected chi connectivity index (χ2v) is 5.95. The number of rotatable bonds is 10. The average molecular weight is 479 g/mol. The van der Waals surface area contributed by atoms with Gasteiger partial charge in [0.2, 0.25) is 0 Å². The average Bonchev–Trinajstić information content (AvgIpc) is 2.60. The highest BCUT2D eigenvalue weighted by atomic mass is 127. The number of hydrogen-bond acceptors (Lipinski definition) is 4. The van der Waals surface area contributed by atoms with Gasteiger partial charge in [0.15, 0.2) is 17.5 Å². The van der Waals surface area contributed by atoms with Crippen molar-refractivity contribution < 1.29 is 14.2 Å². The number of nitrogens with one attached hydrogen (secondary N) is 2. The molecule has 7 heteroatoms. The number of nitrogens with zero attached hydrogens (tertiary/aromatic N) is 1. The third-order valence-corrected chi connectivity index (χ3v) is 3.80. The highest BCUT2D eigenvalue weighted by molar-refractivity contribution is 14.0. The lowest BCUT2D eigenvalue weighted by Crippen LogP contribution is -2.34. The first-order valence-corrected chi connectivity index (χ1v) is 8.95. The lowest BCUT2D eigenvalue weighted by Gasteiger charge is -2.21. The predicted molar refractivity (Wildman–Crippen MR) is 119 cm³/mol. The molecule has 0 aliphatic carbocycles. The van der Waals surface area contributed by atoms with Crippen LogP contribution >= 0.6 is 24.0 Å². The van der Waals surface area contributed by atoms with Crippen molar-refractivity contribution in [3.8, 4) is 11.5 Å². The van der Waals surface area contributed by atoms with Crippen molar-refractivity contribution in [3.05, 3.63) is 18.2 Å². The molecule has 0 saturated heterocycles. The third kappa shape index (κ3) is 8.44. The second-order valence-electron chi connectivity index (χ2n) is 5.95. The summed E-state index contributed by atoms with van der Waals surface area (Å²) in [6.07, 6.45) is 1.18. The Labute approximate surface area is 175 Å². The molecule has 150 valence electrons. The Bertz CT molecular complexity index is 539. The summed E-state index contributed by atoms with van der Waals surface area (Å²) in [6, 6.07) is 5.72. The fourth-order valence-electron chi connectivity index (χ4n) is 2.49. The van der Waals surface area contributed by atoms with Crippen LogP contribution in [0.3, 0.4) is 0 Å². The number of methoxy groups -OCH3 is 1. The molecule has 0 aromatic heterocycles. The Morgan fingerprint density at radius 1 is 1.15 bits per heavy atom. The normalized spacial score (nSPS) is 12.3. The maximum absolute atomic E-state index is 5.77. The highest BCUT2D eigenvalue weighted by Gasteiger charge is 2.13. The summed E-state index contributed by atoms with van der Waals surface area (Å²) in [4.78, 5) is 4.27. The van der Waals surface area contributed by atoms with E-state index in [1.54, 1.807) is 14.2 Å². The number of aliphatic imine (C=N–C) groups is 1. The number of guanidine groups is 1. The van der Waals surface area contributed by atoms with Crippen molar-refractivity contribution in [2.45, 2.75) is 40.2 Å². The van der Waals surface area contributed by atoms with Gasteiger partial charge >= 0.3 is 0 Å². The van der Waals surface area contributed by atoms with E-state index in [1.165, 1.54) is 0 Å². The van der Waals surface area contributed by atoms with E-state index in [4.69, 9.17) is 14.2 Å². The number of benzene rings is 1. The molecule has 1 unspecified atom stereocenters. The first kappa shape index (κ1) is 24.8. The van der Waals surface area contributed by atoms with Gasteiger partial charge in [0.25, 0.3) is 0 Å². The lowest BCUT2D eigenvalue weighted by atomic mass is 10.0. The summed E-state index contributed by atoms with van der Waals surface area (Å²) in [7, 11) is 3.39. The van der Waals surface area contributed by atoms with E-state index in [2.05, 4.69) is 29.5 Å². The predicted octanol–water partition coefficient (Wildman–Crippen LogP) is 4.15. The Hall–Kier alpha value is -1.22. The fraction of sp³-hybridized carbons (Fsp3) is 0.632. The molecule has 26 heavy (non-hydrogen) atoms. The maximum atomic E-state index is 5.77. The molecule has 0 heterocycles. The van der Waals surface area contributed by atoms with Gasteiger partial charge in [0, 0.05) is 32.0 Å². The minimum absolute atomic E-state index is 0. The Balaban J connectivity index is 0.00000625. The SMILES string of the molecule is CCOc1cc(NC(=NC)NCCC(OCC)C(C)C)ccc1OC.I. The third-order valence-electron chi connectivity index (χ3n) is 3.80. The van der Waals surface area contributed by atoms with Crippen LogP contribution in [0.5, 0.6) is 11.5 Å². The van der Waals surface area contributed by atoms with Gasteiger partial charge in [0.1, 0.15) is 0 Å². The molecular weight excluding hydrogens is 445 g/mol. The number of hydrogen-bond donors (Lipinski definition) is 2. The van der Waals surface area contributed by atoms with E-state index in [0.717, 1.165) is 25.3 Å². The zero-order chi connectivity index (χ0) is 18.7. The maximum Gasteiger partial charge on any atom is 0.195 e. The first-order chi connectivity index (χ1) is 12.0. The van der Waals surface area contributed by atoms with Crippen LogP contribution in [0, 0.1) is 5.92 Å². The van der Waals surface area contributed by atoms with Crippen LogP contribution in [-0.4, -0.2) is 46.0 Å². The molecule has 0 fully saturated rings. The smallest absolute Gasteiger partial charge is 0.195 e. The summed E-state index contributed by atoms with van der Waals surface area (Å²) in [6.45, 7) is 10.5. The zero-order valence-electron chi connectivity index (χ0n) is 16.8. The van der Waals surface area contributed by atoms with Crippen molar-refractivity contribution >= 4 is 35.6 Å². The summed E-state index contributed by atoms with van der Waals surface area (Å²) in [5.74, 6) is 2.63. The molecule has 6 nitrogen and oxygen atoms in total. The molecule has 0 saturated carbocycles. The molecule has 0 radical (unpaired) electrons.